The first-order valence-electron chi connectivity index (χ1n) is 5.35. The number of hydrogen-bond donors (Lipinski definition) is 2. The maximum atomic E-state index is 10.7. The molecule has 1 aromatic carbocycles. The number of allylic oxidation sites excluding steroid dienone is 2. The molecular formula is C12H9ClN2O3. The summed E-state index contributed by atoms with van der Waals surface area (Å²) in [5.41, 5.74) is -0.0510. The summed E-state index contributed by atoms with van der Waals surface area (Å²) in [5.74, 6) is 0.0275. The molecule has 2 atom stereocenters. The van der Waals surface area contributed by atoms with E-state index < -0.39 is 10.5 Å². The molecule has 0 amide bonds. The Labute approximate surface area is 108 Å². The van der Waals surface area contributed by atoms with Gasteiger partial charge in [-0.25, -0.2) is 0 Å². The first kappa shape index (κ1) is 11.3. The van der Waals surface area contributed by atoms with Gasteiger partial charge in [-0.2, -0.15) is 0 Å². The lowest BCUT2D eigenvalue weighted by molar-refractivity contribution is -0.384. The summed E-state index contributed by atoms with van der Waals surface area (Å²) in [4.78, 5) is 10.3. The number of nitro groups is 1. The maximum Gasteiger partial charge on any atom is 0.270 e. The summed E-state index contributed by atoms with van der Waals surface area (Å²) >= 11 is 6.09. The van der Waals surface area contributed by atoms with Crippen LogP contribution in [-0.2, 0) is 0 Å². The minimum absolute atomic E-state index is 0.0275. The molecule has 1 aromatic rings. The van der Waals surface area contributed by atoms with E-state index in [1.807, 2.05) is 12.2 Å². The summed E-state index contributed by atoms with van der Waals surface area (Å²) in [6, 6.07) is 3.76. The molecule has 3 rings (SSSR count). The molecule has 1 unspecified atom stereocenters. The molecule has 0 aromatic heterocycles. The van der Waals surface area contributed by atoms with Gasteiger partial charge in [0.05, 0.1) is 16.5 Å². The topological polar surface area (TPSA) is 85.3 Å². The molecule has 1 heterocycles. The summed E-state index contributed by atoms with van der Waals surface area (Å²) in [6.07, 6.45) is 5.48. The molecular weight excluding hydrogens is 256 g/mol. The Balaban J connectivity index is 2.00. The van der Waals surface area contributed by atoms with Crippen molar-refractivity contribution in [2.24, 2.45) is 0 Å². The number of nitrogens with one attached hydrogen (secondary N) is 1. The van der Waals surface area contributed by atoms with E-state index in [-0.39, 0.29) is 17.5 Å². The van der Waals surface area contributed by atoms with Gasteiger partial charge in [-0.15, -0.1) is 0 Å². The van der Waals surface area contributed by atoms with Crippen molar-refractivity contribution in [3.63, 3.8) is 0 Å². The second-order valence-electron chi connectivity index (χ2n) is 4.32. The van der Waals surface area contributed by atoms with Gasteiger partial charge in [0.15, 0.2) is 0 Å². The van der Waals surface area contributed by atoms with Crippen LogP contribution in [0.25, 0.3) is 0 Å². The number of nitrogens with zero attached hydrogens (tertiary/aromatic N) is 1. The second kappa shape index (κ2) is 3.57. The van der Waals surface area contributed by atoms with E-state index in [0.29, 0.717) is 10.6 Å². The number of aromatic hydroxyl groups is 1. The largest absolute Gasteiger partial charge is 0.508 e. The lowest BCUT2D eigenvalue weighted by Gasteiger charge is -2.06. The van der Waals surface area contributed by atoms with Crippen LogP contribution in [0, 0.1) is 10.1 Å². The predicted octanol–water partition coefficient (Wildman–Crippen LogP) is 2.38. The highest BCUT2D eigenvalue weighted by Crippen LogP contribution is 2.53. The van der Waals surface area contributed by atoms with Gasteiger partial charge in [-0.1, -0.05) is 23.8 Å². The minimum Gasteiger partial charge on any atom is -0.508 e. The maximum absolute atomic E-state index is 10.7. The third-order valence-electron chi connectivity index (χ3n) is 3.28. The molecule has 92 valence electrons. The molecule has 1 saturated heterocycles. The van der Waals surface area contributed by atoms with Crippen LogP contribution in [0.1, 0.15) is 11.6 Å². The lowest BCUT2D eigenvalue weighted by Crippen LogP contribution is -2.09. The van der Waals surface area contributed by atoms with E-state index in [1.54, 1.807) is 6.08 Å². The highest BCUT2D eigenvalue weighted by atomic mass is 35.5. The number of rotatable bonds is 2. The van der Waals surface area contributed by atoms with E-state index in [9.17, 15) is 15.2 Å². The van der Waals surface area contributed by atoms with Crippen molar-refractivity contribution >= 4 is 17.3 Å². The van der Waals surface area contributed by atoms with E-state index in [4.69, 9.17) is 11.6 Å². The van der Waals surface area contributed by atoms with Gasteiger partial charge in [0.1, 0.15) is 5.75 Å². The van der Waals surface area contributed by atoms with Crippen LogP contribution < -0.4 is 5.32 Å². The molecule has 1 aliphatic carbocycles. The van der Waals surface area contributed by atoms with Gasteiger partial charge in [0, 0.05) is 22.7 Å². The molecule has 18 heavy (non-hydrogen) atoms. The summed E-state index contributed by atoms with van der Waals surface area (Å²) < 4.78 is 0. The fourth-order valence-electron chi connectivity index (χ4n) is 2.26. The van der Waals surface area contributed by atoms with E-state index in [0.717, 1.165) is 0 Å². The molecule has 0 bridgehead atoms. The van der Waals surface area contributed by atoms with Crippen molar-refractivity contribution in [1.82, 2.24) is 5.32 Å². The highest BCUT2D eigenvalue weighted by molar-refractivity contribution is 6.32. The molecule has 2 N–H and O–H groups in total. The van der Waals surface area contributed by atoms with E-state index >= 15 is 0 Å². The molecule has 1 spiro atoms. The SMILES string of the molecule is O=[N+]([O-])c1ccc(O)c([C@@H]2NC23C=CC=C3Cl)c1. The Bertz CT molecular complexity index is 611. The van der Waals surface area contributed by atoms with Crippen LogP contribution in [0.4, 0.5) is 5.69 Å². The van der Waals surface area contributed by atoms with Crippen LogP contribution in [-0.4, -0.2) is 15.6 Å². The molecule has 2 aliphatic rings. The third-order valence-corrected chi connectivity index (χ3v) is 3.72. The molecule has 6 heteroatoms. The fourth-order valence-corrected chi connectivity index (χ4v) is 2.56. The fraction of sp³-hybridized carbons (Fsp3) is 0.167. The normalized spacial score (nSPS) is 28.5. The van der Waals surface area contributed by atoms with Gasteiger partial charge in [0.2, 0.25) is 0 Å². The number of phenols is 1. The number of benzene rings is 1. The monoisotopic (exact) mass is 264 g/mol. The third kappa shape index (κ3) is 1.45. The van der Waals surface area contributed by atoms with Crippen LogP contribution in [0.2, 0.25) is 0 Å². The Kier molecular flexibility index (Phi) is 2.23. The first-order valence-corrected chi connectivity index (χ1v) is 5.73. The molecule has 0 radical (unpaired) electrons. The predicted molar refractivity (Wildman–Crippen MR) is 66.4 cm³/mol. The smallest absolute Gasteiger partial charge is 0.270 e. The van der Waals surface area contributed by atoms with Crippen molar-refractivity contribution < 1.29 is 10.0 Å². The Morgan fingerprint density at radius 3 is 2.89 bits per heavy atom. The summed E-state index contributed by atoms with van der Waals surface area (Å²) in [5, 5.41) is 24.3. The molecule has 5 nitrogen and oxygen atoms in total. The zero-order valence-corrected chi connectivity index (χ0v) is 9.89. The number of phenolic OH excluding ortho intramolecular Hbond substituents is 1. The van der Waals surface area contributed by atoms with Crippen LogP contribution in [0.3, 0.4) is 0 Å². The lowest BCUT2D eigenvalue weighted by atomic mass is 9.99. The van der Waals surface area contributed by atoms with Crippen molar-refractivity contribution in [2.75, 3.05) is 0 Å². The molecule has 1 fully saturated rings. The summed E-state index contributed by atoms with van der Waals surface area (Å²) in [7, 11) is 0. The Hall–Kier alpha value is -1.85. The highest BCUT2D eigenvalue weighted by Gasteiger charge is 2.57. The average Bonchev–Trinajstić information content (AvgIpc) is 2.93. The van der Waals surface area contributed by atoms with Crippen molar-refractivity contribution in [1.29, 1.82) is 0 Å². The van der Waals surface area contributed by atoms with E-state index in [2.05, 4.69) is 5.32 Å². The summed E-state index contributed by atoms with van der Waals surface area (Å²) in [6.45, 7) is 0. The van der Waals surface area contributed by atoms with Crippen molar-refractivity contribution in [2.45, 2.75) is 11.6 Å². The standard InChI is InChI=1S/C12H9ClN2O3/c13-10-2-1-5-12(10)11(14-12)8-6-7(15(17)18)3-4-9(8)16/h1-6,11,14,16H/t11-,12?/m0/s1. The van der Waals surface area contributed by atoms with Crippen LogP contribution in [0.15, 0.2) is 41.5 Å². The zero-order valence-electron chi connectivity index (χ0n) is 9.13. The van der Waals surface area contributed by atoms with Crippen molar-refractivity contribution in [3.05, 3.63) is 57.1 Å². The molecule has 1 aliphatic heterocycles. The number of non-ortho nitro benzene ring substituents is 1. The van der Waals surface area contributed by atoms with Gasteiger partial charge in [-0.3, -0.25) is 15.4 Å². The minimum atomic E-state index is -0.492. The van der Waals surface area contributed by atoms with Crippen LogP contribution in [0.5, 0.6) is 5.75 Å². The second-order valence-corrected chi connectivity index (χ2v) is 4.73. The van der Waals surface area contributed by atoms with Gasteiger partial charge >= 0.3 is 0 Å². The first-order chi connectivity index (χ1) is 8.54. The van der Waals surface area contributed by atoms with Crippen molar-refractivity contribution in [3.8, 4) is 5.75 Å². The van der Waals surface area contributed by atoms with E-state index in [1.165, 1.54) is 18.2 Å². The van der Waals surface area contributed by atoms with Gasteiger partial charge in [-0.05, 0) is 12.1 Å². The van der Waals surface area contributed by atoms with Crippen LogP contribution >= 0.6 is 11.6 Å². The Morgan fingerprint density at radius 2 is 2.28 bits per heavy atom. The Morgan fingerprint density at radius 1 is 1.50 bits per heavy atom. The van der Waals surface area contributed by atoms with Gasteiger partial charge in [0.25, 0.3) is 5.69 Å². The molecule has 0 saturated carbocycles. The number of hydrogen-bond acceptors (Lipinski definition) is 4. The van der Waals surface area contributed by atoms with Gasteiger partial charge < -0.3 is 5.11 Å². The average molecular weight is 265 g/mol. The zero-order chi connectivity index (χ0) is 12.9. The quantitative estimate of drug-likeness (QED) is 0.488. The number of nitro benzene ring substituents is 1. The number of halogens is 1.